The fourth-order valence-electron chi connectivity index (χ4n) is 3.15. The van der Waals surface area contributed by atoms with Gasteiger partial charge >= 0.3 is 0 Å². The average Bonchev–Trinajstić information content (AvgIpc) is 3.19. The standard InChI is InChI=1S/C24H22N6O2S/c1-16-4-3-5-18(14-16)23(32)27-20-8-6-19(7-9-20)26-21(31)15-33-24-29-28-22(30(24)2)17-10-12-25-13-11-17/h3-14H,15H2,1-2H3,(H,26,31)(H,27,32). The lowest BCUT2D eigenvalue weighted by Crippen LogP contribution is -2.15. The Labute approximate surface area is 195 Å². The first-order chi connectivity index (χ1) is 16.0. The zero-order valence-electron chi connectivity index (χ0n) is 18.1. The lowest BCUT2D eigenvalue weighted by molar-refractivity contribution is -0.113. The second-order valence-electron chi connectivity index (χ2n) is 7.34. The van der Waals surface area contributed by atoms with E-state index in [1.165, 1.54) is 11.8 Å². The number of thioether (sulfide) groups is 1. The summed E-state index contributed by atoms with van der Waals surface area (Å²) in [5.41, 5.74) is 3.82. The van der Waals surface area contributed by atoms with Crippen LogP contribution in [0.1, 0.15) is 15.9 Å². The topological polar surface area (TPSA) is 102 Å². The van der Waals surface area contributed by atoms with Crippen LogP contribution < -0.4 is 10.6 Å². The van der Waals surface area contributed by atoms with Crippen LogP contribution in [0.15, 0.2) is 78.2 Å². The molecule has 8 nitrogen and oxygen atoms in total. The number of carbonyl (C=O) groups excluding carboxylic acids is 2. The smallest absolute Gasteiger partial charge is 0.255 e. The summed E-state index contributed by atoms with van der Waals surface area (Å²) < 4.78 is 1.85. The molecule has 2 aromatic carbocycles. The number of hydrogen-bond donors (Lipinski definition) is 2. The predicted octanol–water partition coefficient (Wildman–Crippen LogP) is 4.17. The maximum atomic E-state index is 12.4. The molecule has 2 N–H and O–H groups in total. The molecule has 2 heterocycles. The number of benzene rings is 2. The van der Waals surface area contributed by atoms with Gasteiger partial charge in [-0.1, -0.05) is 29.5 Å². The van der Waals surface area contributed by atoms with Crippen molar-refractivity contribution >= 4 is 35.0 Å². The number of hydrogen-bond acceptors (Lipinski definition) is 6. The van der Waals surface area contributed by atoms with Crippen molar-refractivity contribution < 1.29 is 9.59 Å². The molecule has 0 bridgehead atoms. The number of aryl methyl sites for hydroxylation is 1. The number of carbonyl (C=O) groups is 2. The van der Waals surface area contributed by atoms with Gasteiger partial charge in [-0.3, -0.25) is 14.6 Å². The molecule has 9 heteroatoms. The van der Waals surface area contributed by atoms with Crippen LogP contribution in [0, 0.1) is 6.92 Å². The molecule has 4 rings (SSSR count). The molecule has 166 valence electrons. The van der Waals surface area contributed by atoms with Crippen molar-refractivity contribution in [3.8, 4) is 11.4 Å². The van der Waals surface area contributed by atoms with Gasteiger partial charge in [0, 0.05) is 41.9 Å². The van der Waals surface area contributed by atoms with Crippen LogP contribution in [-0.2, 0) is 11.8 Å². The second-order valence-corrected chi connectivity index (χ2v) is 8.28. The van der Waals surface area contributed by atoms with Gasteiger partial charge in [0.15, 0.2) is 11.0 Å². The average molecular weight is 459 g/mol. The molecule has 0 saturated carbocycles. The van der Waals surface area contributed by atoms with E-state index in [0.717, 1.165) is 11.1 Å². The van der Waals surface area contributed by atoms with Crippen LogP contribution in [0.4, 0.5) is 11.4 Å². The quantitative estimate of drug-likeness (QED) is 0.403. The van der Waals surface area contributed by atoms with Crippen LogP contribution in [0.25, 0.3) is 11.4 Å². The summed E-state index contributed by atoms with van der Waals surface area (Å²) in [4.78, 5) is 28.8. The number of amides is 2. The molecule has 0 radical (unpaired) electrons. The van der Waals surface area contributed by atoms with Crippen molar-refractivity contribution in [2.75, 3.05) is 16.4 Å². The van der Waals surface area contributed by atoms with Crippen LogP contribution >= 0.6 is 11.8 Å². The molecule has 2 amide bonds. The summed E-state index contributed by atoms with van der Waals surface area (Å²) in [7, 11) is 1.86. The van der Waals surface area contributed by atoms with E-state index in [1.807, 2.05) is 48.9 Å². The molecule has 33 heavy (non-hydrogen) atoms. The lowest BCUT2D eigenvalue weighted by Gasteiger charge is -2.08. The summed E-state index contributed by atoms with van der Waals surface area (Å²) in [6.07, 6.45) is 3.40. The van der Waals surface area contributed by atoms with Gasteiger partial charge < -0.3 is 15.2 Å². The molecule has 2 aromatic heterocycles. The Morgan fingerprint density at radius 2 is 1.64 bits per heavy atom. The van der Waals surface area contributed by atoms with Crippen molar-refractivity contribution in [3.05, 3.63) is 84.2 Å². The molecule has 0 aliphatic carbocycles. The summed E-state index contributed by atoms with van der Waals surface area (Å²) >= 11 is 1.30. The van der Waals surface area contributed by atoms with Gasteiger partial charge in [-0.15, -0.1) is 10.2 Å². The maximum absolute atomic E-state index is 12.4. The minimum absolute atomic E-state index is 0.162. The van der Waals surface area contributed by atoms with Gasteiger partial charge in [-0.05, 0) is 55.5 Å². The number of rotatable bonds is 7. The first-order valence-corrected chi connectivity index (χ1v) is 11.2. The Balaban J connectivity index is 1.30. The molecule has 0 fully saturated rings. The van der Waals surface area contributed by atoms with Crippen LogP contribution in [-0.4, -0.2) is 37.3 Å². The van der Waals surface area contributed by atoms with Crippen molar-refractivity contribution in [2.45, 2.75) is 12.1 Å². The Morgan fingerprint density at radius 1 is 0.939 bits per heavy atom. The Bertz CT molecular complexity index is 1270. The number of pyridine rings is 1. The summed E-state index contributed by atoms with van der Waals surface area (Å²) in [6, 6.07) is 18.1. The molecule has 4 aromatic rings. The minimum atomic E-state index is -0.179. The van der Waals surface area contributed by atoms with E-state index >= 15 is 0 Å². The van der Waals surface area contributed by atoms with Gasteiger partial charge in [-0.25, -0.2) is 0 Å². The molecule has 0 saturated heterocycles. The Kier molecular flexibility index (Phi) is 6.80. The fraction of sp³-hybridized carbons (Fsp3) is 0.125. The van der Waals surface area contributed by atoms with Gasteiger partial charge in [0.2, 0.25) is 5.91 Å². The first-order valence-electron chi connectivity index (χ1n) is 10.2. The van der Waals surface area contributed by atoms with Crippen LogP contribution in [0.5, 0.6) is 0 Å². The van der Waals surface area contributed by atoms with E-state index in [2.05, 4.69) is 25.8 Å². The molecule has 0 atom stereocenters. The highest BCUT2D eigenvalue weighted by atomic mass is 32.2. The predicted molar refractivity (Wildman–Crippen MR) is 129 cm³/mol. The van der Waals surface area contributed by atoms with E-state index in [-0.39, 0.29) is 17.6 Å². The van der Waals surface area contributed by atoms with Gasteiger partial charge in [0.05, 0.1) is 5.75 Å². The highest BCUT2D eigenvalue weighted by Gasteiger charge is 2.13. The van der Waals surface area contributed by atoms with Crippen molar-refractivity contribution in [1.29, 1.82) is 0 Å². The van der Waals surface area contributed by atoms with Crippen LogP contribution in [0.3, 0.4) is 0 Å². The first kappa shape index (κ1) is 22.2. The maximum Gasteiger partial charge on any atom is 0.255 e. The van der Waals surface area contributed by atoms with Crippen LogP contribution in [0.2, 0.25) is 0 Å². The largest absolute Gasteiger partial charge is 0.325 e. The van der Waals surface area contributed by atoms with Crippen molar-refractivity contribution in [2.24, 2.45) is 7.05 Å². The minimum Gasteiger partial charge on any atom is -0.325 e. The normalized spacial score (nSPS) is 10.6. The lowest BCUT2D eigenvalue weighted by atomic mass is 10.1. The molecule has 0 aliphatic heterocycles. The number of nitrogens with zero attached hydrogens (tertiary/aromatic N) is 4. The molecule has 0 spiro atoms. The fourth-order valence-corrected chi connectivity index (χ4v) is 3.86. The zero-order chi connectivity index (χ0) is 23.2. The molecular weight excluding hydrogens is 436 g/mol. The zero-order valence-corrected chi connectivity index (χ0v) is 19.0. The van der Waals surface area contributed by atoms with E-state index in [9.17, 15) is 9.59 Å². The third kappa shape index (κ3) is 5.64. The SMILES string of the molecule is Cc1cccc(C(=O)Nc2ccc(NC(=O)CSc3nnc(-c4ccncc4)n3C)cc2)c1. The molecule has 0 aliphatic rings. The number of anilines is 2. The summed E-state index contributed by atoms with van der Waals surface area (Å²) in [6.45, 7) is 1.94. The van der Waals surface area contributed by atoms with E-state index in [0.29, 0.717) is 27.9 Å². The van der Waals surface area contributed by atoms with Crippen molar-refractivity contribution in [3.63, 3.8) is 0 Å². The number of nitrogens with one attached hydrogen (secondary N) is 2. The third-order valence-electron chi connectivity index (χ3n) is 4.81. The monoisotopic (exact) mass is 458 g/mol. The van der Waals surface area contributed by atoms with Gasteiger partial charge in [-0.2, -0.15) is 0 Å². The van der Waals surface area contributed by atoms with E-state index in [4.69, 9.17) is 0 Å². The van der Waals surface area contributed by atoms with E-state index < -0.39 is 0 Å². The third-order valence-corrected chi connectivity index (χ3v) is 5.83. The van der Waals surface area contributed by atoms with E-state index in [1.54, 1.807) is 42.7 Å². The van der Waals surface area contributed by atoms with Crippen molar-refractivity contribution in [1.82, 2.24) is 19.7 Å². The Morgan fingerprint density at radius 3 is 2.33 bits per heavy atom. The highest BCUT2D eigenvalue weighted by Crippen LogP contribution is 2.22. The van der Waals surface area contributed by atoms with Gasteiger partial charge in [0.25, 0.3) is 5.91 Å². The number of aromatic nitrogens is 4. The summed E-state index contributed by atoms with van der Waals surface area (Å²) in [5, 5.41) is 14.7. The highest BCUT2D eigenvalue weighted by molar-refractivity contribution is 7.99. The molecular formula is C24H22N6O2S. The summed E-state index contributed by atoms with van der Waals surface area (Å²) in [5.74, 6) is 0.559. The van der Waals surface area contributed by atoms with Gasteiger partial charge in [0.1, 0.15) is 0 Å². The Hall–Kier alpha value is -3.98. The molecule has 0 unspecified atom stereocenters. The second kappa shape index (κ2) is 10.1.